The topological polar surface area (TPSA) is 89.2 Å². The summed E-state index contributed by atoms with van der Waals surface area (Å²) in [6.45, 7) is 3.38. The summed E-state index contributed by atoms with van der Waals surface area (Å²) in [5.74, 6) is 3.37. The van der Waals surface area contributed by atoms with Gasteiger partial charge >= 0.3 is 0 Å². The van der Waals surface area contributed by atoms with Crippen LogP contribution in [-0.4, -0.2) is 56.1 Å². The van der Waals surface area contributed by atoms with Crippen molar-refractivity contribution < 1.29 is 9.84 Å². The second kappa shape index (κ2) is 7.05. The third-order valence-electron chi connectivity index (χ3n) is 5.35. The first-order valence-electron chi connectivity index (χ1n) is 8.90. The largest absolute Gasteiger partial charge is 0.388 e. The monoisotopic (exact) mass is 344 g/mol. The van der Waals surface area contributed by atoms with Crippen LogP contribution in [0.5, 0.6) is 0 Å². The van der Waals surface area contributed by atoms with Gasteiger partial charge in [0.15, 0.2) is 5.82 Å². The van der Waals surface area contributed by atoms with Crippen LogP contribution in [0.4, 0.5) is 5.82 Å². The number of piperidine rings is 1. The molecular weight excluding hydrogens is 320 g/mol. The zero-order valence-corrected chi connectivity index (χ0v) is 14.5. The molecule has 2 aliphatic rings. The number of rotatable bonds is 4. The highest BCUT2D eigenvalue weighted by Gasteiger charge is 2.26. The number of ether oxygens (including phenoxy) is 1. The van der Waals surface area contributed by atoms with Crippen LogP contribution in [-0.2, 0) is 18.4 Å². The Morgan fingerprint density at radius 1 is 1.16 bits per heavy atom. The van der Waals surface area contributed by atoms with E-state index in [4.69, 9.17) is 4.74 Å². The van der Waals surface area contributed by atoms with E-state index >= 15 is 0 Å². The SMILES string of the molecule is Cn1c(CO)nnc1C1CCN(c2cc([C@H]3CCOC3)ncn2)CC1. The van der Waals surface area contributed by atoms with Crippen LogP contribution in [0.2, 0.25) is 0 Å². The molecule has 0 bridgehead atoms. The molecule has 0 saturated carbocycles. The van der Waals surface area contributed by atoms with Gasteiger partial charge in [-0.05, 0) is 19.3 Å². The number of aliphatic hydroxyl groups excluding tert-OH is 1. The quantitative estimate of drug-likeness (QED) is 0.884. The molecule has 4 rings (SSSR count). The van der Waals surface area contributed by atoms with E-state index in [1.54, 1.807) is 6.33 Å². The molecule has 25 heavy (non-hydrogen) atoms. The van der Waals surface area contributed by atoms with Crippen LogP contribution >= 0.6 is 0 Å². The average molecular weight is 344 g/mol. The van der Waals surface area contributed by atoms with Gasteiger partial charge in [0, 0.05) is 44.6 Å². The summed E-state index contributed by atoms with van der Waals surface area (Å²) >= 11 is 0. The van der Waals surface area contributed by atoms with Crippen LogP contribution in [0.15, 0.2) is 12.4 Å². The van der Waals surface area contributed by atoms with Crippen molar-refractivity contribution in [1.29, 1.82) is 0 Å². The van der Waals surface area contributed by atoms with Gasteiger partial charge in [0.1, 0.15) is 24.6 Å². The van der Waals surface area contributed by atoms with E-state index in [2.05, 4.69) is 31.1 Å². The Hall–Kier alpha value is -2.06. The van der Waals surface area contributed by atoms with Gasteiger partial charge in [-0.1, -0.05) is 0 Å². The van der Waals surface area contributed by atoms with Crippen molar-refractivity contribution in [2.24, 2.45) is 7.05 Å². The number of aromatic nitrogens is 5. The van der Waals surface area contributed by atoms with Gasteiger partial charge in [0.25, 0.3) is 0 Å². The Balaban J connectivity index is 1.43. The highest BCUT2D eigenvalue weighted by atomic mass is 16.5. The molecule has 2 aromatic heterocycles. The minimum absolute atomic E-state index is 0.0725. The van der Waals surface area contributed by atoms with E-state index in [-0.39, 0.29) is 6.61 Å². The molecule has 0 spiro atoms. The summed E-state index contributed by atoms with van der Waals surface area (Å²) in [5.41, 5.74) is 1.09. The van der Waals surface area contributed by atoms with Gasteiger partial charge in [0.05, 0.1) is 12.3 Å². The summed E-state index contributed by atoms with van der Waals surface area (Å²) in [7, 11) is 1.92. The number of aliphatic hydroxyl groups is 1. The van der Waals surface area contributed by atoms with E-state index in [0.29, 0.717) is 17.7 Å². The minimum atomic E-state index is -0.0725. The van der Waals surface area contributed by atoms with E-state index in [0.717, 1.165) is 62.9 Å². The van der Waals surface area contributed by atoms with Gasteiger partial charge in [-0.25, -0.2) is 9.97 Å². The van der Waals surface area contributed by atoms with Gasteiger partial charge in [0.2, 0.25) is 0 Å². The van der Waals surface area contributed by atoms with E-state index in [9.17, 15) is 5.11 Å². The number of nitrogens with zero attached hydrogens (tertiary/aromatic N) is 6. The molecule has 8 nitrogen and oxygen atoms in total. The van der Waals surface area contributed by atoms with Gasteiger partial charge in [-0.15, -0.1) is 10.2 Å². The Bertz CT molecular complexity index is 720. The Morgan fingerprint density at radius 3 is 2.68 bits per heavy atom. The third kappa shape index (κ3) is 3.23. The molecule has 0 radical (unpaired) electrons. The molecule has 0 amide bonds. The second-order valence-corrected chi connectivity index (χ2v) is 6.81. The van der Waals surface area contributed by atoms with Crippen LogP contribution in [0.25, 0.3) is 0 Å². The lowest BCUT2D eigenvalue weighted by atomic mass is 9.95. The lowest BCUT2D eigenvalue weighted by Gasteiger charge is -2.32. The first-order valence-corrected chi connectivity index (χ1v) is 8.90. The summed E-state index contributed by atoms with van der Waals surface area (Å²) < 4.78 is 7.40. The van der Waals surface area contributed by atoms with Crippen molar-refractivity contribution in [2.75, 3.05) is 31.2 Å². The fourth-order valence-corrected chi connectivity index (χ4v) is 3.76. The van der Waals surface area contributed by atoms with Crippen LogP contribution in [0, 0.1) is 0 Å². The second-order valence-electron chi connectivity index (χ2n) is 6.81. The summed E-state index contributed by atoms with van der Waals surface area (Å²) in [4.78, 5) is 11.2. The summed E-state index contributed by atoms with van der Waals surface area (Å²) in [5, 5.41) is 17.6. The maximum Gasteiger partial charge on any atom is 0.158 e. The van der Waals surface area contributed by atoms with Gasteiger partial charge in [-0.2, -0.15) is 0 Å². The van der Waals surface area contributed by atoms with Crippen molar-refractivity contribution in [3.63, 3.8) is 0 Å². The zero-order valence-electron chi connectivity index (χ0n) is 14.5. The van der Waals surface area contributed by atoms with Gasteiger partial charge < -0.3 is 19.3 Å². The van der Waals surface area contributed by atoms with E-state index < -0.39 is 0 Å². The summed E-state index contributed by atoms with van der Waals surface area (Å²) in [6.07, 6.45) is 4.72. The molecule has 1 N–H and O–H groups in total. The molecule has 2 fully saturated rings. The maximum absolute atomic E-state index is 9.28. The van der Waals surface area contributed by atoms with Crippen molar-refractivity contribution in [1.82, 2.24) is 24.7 Å². The molecule has 134 valence electrons. The standard InChI is InChI=1S/C17H24N6O2/c1-22-16(9-24)20-21-17(22)12-2-5-23(6-3-12)15-8-14(18-11-19-15)13-4-7-25-10-13/h8,11-13,24H,2-7,9-10H2,1H3/t13-/m0/s1. The van der Waals surface area contributed by atoms with Crippen LogP contribution in [0.3, 0.4) is 0 Å². The average Bonchev–Trinajstić information content (AvgIpc) is 3.32. The molecule has 0 aliphatic carbocycles. The molecule has 4 heterocycles. The number of hydrogen-bond donors (Lipinski definition) is 1. The fourth-order valence-electron chi connectivity index (χ4n) is 3.76. The van der Waals surface area contributed by atoms with E-state index in [1.807, 2.05) is 11.6 Å². The first-order chi connectivity index (χ1) is 12.3. The lowest BCUT2D eigenvalue weighted by Crippen LogP contribution is -2.34. The number of anilines is 1. The lowest BCUT2D eigenvalue weighted by molar-refractivity contribution is 0.193. The van der Waals surface area contributed by atoms with E-state index in [1.165, 1.54) is 0 Å². The van der Waals surface area contributed by atoms with Crippen LogP contribution in [0.1, 0.15) is 48.4 Å². The van der Waals surface area contributed by atoms with Gasteiger partial charge in [-0.3, -0.25) is 0 Å². The highest BCUT2D eigenvalue weighted by molar-refractivity contribution is 5.40. The Labute approximate surface area is 146 Å². The minimum Gasteiger partial charge on any atom is -0.388 e. The molecule has 1 atom stereocenters. The normalized spacial score (nSPS) is 21.8. The predicted octanol–water partition coefficient (Wildman–Crippen LogP) is 0.985. The summed E-state index contributed by atoms with van der Waals surface area (Å²) in [6, 6.07) is 2.12. The predicted molar refractivity (Wildman–Crippen MR) is 91.3 cm³/mol. The van der Waals surface area contributed by atoms with Crippen LogP contribution < -0.4 is 4.90 Å². The molecule has 8 heteroatoms. The first kappa shape index (κ1) is 16.4. The molecule has 2 saturated heterocycles. The Morgan fingerprint density at radius 2 is 2.00 bits per heavy atom. The maximum atomic E-state index is 9.28. The smallest absolute Gasteiger partial charge is 0.158 e. The van der Waals surface area contributed by atoms with Crippen molar-refractivity contribution in [3.8, 4) is 0 Å². The van der Waals surface area contributed by atoms with Crippen molar-refractivity contribution >= 4 is 5.82 Å². The molecular formula is C17H24N6O2. The molecule has 0 aromatic carbocycles. The third-order valence-corrected chi connectivity index (χ3v) is 5.35. The molecule has 2 aromatic rings. The molecule has 2 aliphatic heterocycles. The number of hydrogen-bond acceptors (Lipinski definition) is 7. The fraction of sp³-hybridized carbons (Fsp3) is 0.647. The van der Waals surface area contributed by atoms with Crippen molar-refractivity contribution in [2.45, 2.75) is 37.7 Å². The zero-order chi connectivity index (χ0) is 17.2. The Kier molecular flexibility index (Phi) is 4.63. The highest BCUT2D eigenvalue weighted by Crippen LogP contribution is 2.30. The molecule has 0 unspecified atom stereocenters. The van der Waals surface area contributed by atoms with Crippen molar-refractivity contribution in [3.05, 3.63) is 29.7 Å².